The summed E-state index contributed by atoms with van der Waals surface area (Å²) in [5.41, 5.74) is 0.477. The van der Waals surface area contributed by atoms with Crippen molar-refractivity contribution in [2.75, 3.05) is 0 Å². The van der Waals surface area contributed by atoms with Crippen molar-refractivity contribution >= 4 is 28.2 Å². The average molecular weight is 206 g/mol. The van der Waals surface area contributed by atoms with Gasteiger partial charge in [0.15, 0.2) is 5.78 Å². The summed E-state index contributed by atoms with van der Waals surface area (Å²) in [5.74, 6) is -0.0436. The van der Waals surface area contributed by atoms with Gasteiger partial charge in [-0.05, 0) is 12.1 Å². The van der Waals surface area contributed by atoms with E-state index >= 15 is 0 Å². The van der Waals surface area contributed by atoms with Gasteiger partial charge < -0.3 is 0 Å². The lowest BCUT2D eigenvalue weighted by Gasteiger charge is -2.02. The molecular weight excluding hydrogens is 198 g/mol. The maximum absolute atomic E-state index is 11.3. The van der Waals surface area contributed by atoms with Crippen molar-refractivity contribution in [3.8, 4) is 0 Å². The van der Waals surface area contributed by atoms with Crippen molar-refractivity contribution in [1.82, 2.24) is 4.98 Å². The van der Waals surface area contributed by atoms with Gasteiger partial charge in [-0.3, -0.25) is 9.78 Å². The second kappa shape index (κ2) is 3.39. The highest BCUT2D eigenvalue weighted by Crippen LogP contribution is 2.24. The fourth-order valence-electron chi connectivity index (χ4n) is 1.45. The number of nitrogens with zero attached hydrogens (tertiary/aromatic N) is 1. The number of ketones is 1. The Morgan fingerprint density at radius 2 is 2.07 bits per heavy atom. The largest absolute Gasteiger partial charge is 0.293 e. The SMILES string of the molecule is CC(=O)c1nccc2c(Cl)cccc12. The second-order valence-electron chi connectivity index (χ2n) is 3.05. The molecule has 0 bridgehead atoms. The van der Waals surface area contributed by atoms with E-state index in [9.17, 15) is 4.79 Å². The third-order valence-corrected chi connectivity index (χ3v) is 2.42. The third-order valence-electron chi connectivity index (χ3n) is 2.09. The first kappa shape index (κ1) is 9.16. The van der Waals surface area contributed by atoms with Crippen molar-refractivity contribution in [1.29, 1.82) is 0 Å². The molecule has 14 heavy (non-hydrogen) atoms. The van der Waals surface area contributed by atoms with Crippen LogP contribution in [-0.4, -0.2) is 10.8 Å². The number of pyridine rings is 1. The molecule has 0 radical (unpaired) electrons. The minimum atomic E-state index is -0.0436. The molecular formula is C11H8ClNO. The zero-order valence-corrected chi connectivity index (χ0v) is 8.38. The minimum Gasteiger partial charge on any atom is -0.293 e. The first-order valence-corrected chi connectivity index (χ1v) is 4.62. The van der Waals surface area contributed by atoms with Crippen LogP contribution in [0.3, 0.4) is 0 Å². The first-order chi connectivity index (χ1) is 6.70. The van der Waals surface area contributed by atoms with Gasteiger partial charge in [-0.2, -0.15) is 0 Å². The van der Waals surface area contributed by atoms with E-state index in [1.807, 2.05) is 18.2 Å². The summed E-state index contributed by atoms with van der Waals surface area (Å²) in [6.07, 6.45) is 1.60. The van der Waals surface area contributed by atoms with Crippen LogP contribution in [0.5, 0.6) is 0 Å². The molecule has 0 atom stereocenters. The summed E-state index contributed by atoms with van der Waals surface area (Å²) in [4.78, 5) is 15.3. The predicted molar refractivity (Wildman–Crippen MR) is 56.8 cm³/mol. The number of Topliss-reactive ketones (excluding diaryl/α,β-unsaturated/α-hetero) is 1. The van der Waals surface area contributed by atoms with Crippen LogP contribution in [0.4, 0.5) is 0 Å². The molecule has 2 nitrogen and oxygen atoms in total. The predicted octanol–water partition coefficient (Wildman–Crippen LogP) is 3.09. The van der Waals surface area contributed by atoms with Crippen molar-refractivity contribution in [3.05, 3.63) is 41.2 Å². The number of fused-ring (bicyclic) bond motifs is 1. The van der Waals surface area contributed by atoms with E-state index in [0.717, 1.165) is 10.8 Å². The lowest BCUT2D eigenvalue weighted by Crippen LogP contribution is -1.97. The minimum absolute atomic E-state index is 0.0436. The second-order valence-corrected chi connectivity index (χ2v) is 3.46. The summed E-state index contributed by atoms with van der Waals surface area (Å²) >= 11 is 5.99. The van der Waals surface area contributed by atoms with Crippen LogP contribution in [0.15, 0.2) is 30.5 Å². The van der Waals surface area contributed by atoms with E-state index in [1.165, 1.54) is 6.92 Å². The highest BCUT2D eigenvalue weighted by molar-refractivity contribution is 6.35. The first-order valence-electron chi connectivity index (χ1n) is 4.24. The maximum Gasteiger partial charge on any atom is 0.178 e. The Labute approximate surface area is 86.5 Å². The van der Waals surface area contributed by atoms with Crippen LogP contribution >= 0.6 is 11.6 Å². The molecule has 0 aliphatic rings. The zero-order valence-electron chi connectivity index (χ0n) is 7.62. The summed E-state index contributed by atoms with van der Waals surface area (Å²) in [6, 6.07) is 7.28. The summed E-state index contributed by atoms with van der Waals surface area (Å²) in [6.45, 7) is 1.50. The van der Waals surface area contributed by atoms with Gasteiger partial charge in [0.1, 0.15) is 5.69 Å². The summed E-state index contributed by atoms with van der Waals surface area (Å²) in [5, 5.41) is 2.33. The molecule has 0 amide bonds. The number of hydrogen-bond acceptors (Lipinski definition) is 2. The van der Waals surface area contributed by atoms with Gasteiger partial charge in [-0.15, -0.1) is 0 Å². The number of aromatic nitrogens is 1. The molecule has 0 unspecified atom stereocenters. The van der Waals surface area contributed by atoms with Gasteiger partial charge in [0, 0.05) is 28.9 Å². The Morgan fingerprint density at radius 1 is 1.29 bits per heavy atom. The molecule has 3 heteroatoms. The number of carbonyl (C=O) groups excluding carboxylic acids is 1. The van der Waals surface area contributed by atoms with Crippen molar-refractivity contribution in [3.63, 3.8) is 0 Å². The zero-order chi connectivity index (χ0) is 10.1. The molecule has 1 aromatic heterocycles. The van der Waals surface area contributed by atoms with Gasteiger partial charge in [0.25, 0.3) is 0 Å². The molecule has 0 spiro atoms. The van der Waals surface area contributed by atoms with Crippen molar-refractivity contribution in [2.24, 2.45) is 0 Å². The van der Waals surface area contributed by atoms with Gasteiger partial charge in [-0.25, -0.2) is 0 Å². The van der Waals surface area contributed by atoms with Crippen LogP contribution < -0.4 is 0 Å². The topological polar surface area (TPSA) is 30.0 Å². The fourth-order valence-corrected chi connectivity index (χ4v) is 1.69. The van der Waals surface area contributed by atoms with E-state index in [-0.39, 0.29) is 5.78 Å². The van der Waals surface area contributed by atoms with E-state index < -0.39 is 0 Å². The highest BCUT2D eigenvalue weighted by atomic mass is 35.5. The molecule has 0 saturated carbocycles. The number of benzene rings is 1. The molecule has 0 aliphatic carbocycles. The Kier molecular flexibility index (Phi) is 2.22. The van der Waals surface area contributed by atoms with Crippen LogP contribution in [0.2, 0.25) is 5.02 Å². The number of halogens is 1. The van der Waals surface area contributed by atoms with Crippen molar-refractivity contribution in [2.45, 2.75) is 6.92 Å². The quantitative estimate of drug-likeness (QED) is 0.670. The van der Waals surface area contributed by atoms with E-state index in [1.54, 1.807) is 12.3 Å². The summed E-state index contributed by atoms with van der Waals surface area (Å²) in [7, 11) is 0. The van der Waals surface area contributed by atoms with Crippen molar-refractivity contribution < 1.29 is 4.79 Å². The molecule has 1 aromatic carbocycles. The normalized spacial score (nSPS) is 10.4. The van der Waals surface area contributed by atoms with Gasteiger partial charge >= 0.3 is 0 Å². The highest BCUT2D eigenvalue weighted by Gasteiger charge is 2.07. The number of hydrogen-bond donors (Lipinski definition) is 0. The van der Waals surface area contributed by atoms with Crippen LogP contribution in [0.25, 0.3) is 10.8 Å². The van der Waals surface area contributed by atoms with E-state index in [0.29, 0.717) is 10.7 Å². The number of carbonyl (C=O) groups is 1. The fraction of sp³-hybridized carbons (Fsp3) is 0.0909. The lowest BCUT2D eigenvalue weighted by atomic mass is 10.1. The molecule has 0 saturated heterocycles. The van der Waals surface area contributed by atoms with Crippen LogP contribution in [-0.2, 0) is 0 Å². The number of rotatable bonds is 1. The molecule has 0 fully saturated rings. The molecule has 0 aliphatic heterocycles. The summed E-state index contributed by atoms with van der Waals surface area (Å²) < 4.78 is 0. The monoisotopic (exact) mass is 205 g/mol. The van der Waals surface area contributed by atoms with E-state index in [4.69, 9.17) is 11.6 Å². The Hall–Kier alpha value is -1.41. The molecule has 2 aromatic rings. The molecule has 70 valence electrons. The average Bonchev–Trinajstić information content (AvgIpc) is 2.17. The van der Waals surface area contributed by atoms with Gasteiger partial charge in [-0.1, -0.05) is 23.7 Å². The standard InChI is InChI=1S/C11H8ClNO/c1-7(14)11-9-3-2-4-10(12)8(9)5-6-13-11/h2-6H,1H3. The van der Waals surface area contributed by atoms with Gasteiger partial charge in [0.2, 0.25) is 0 Å². The molecule has 0 N–H and O–H groups in total. The van der Waals surface area contributed by atoms with E-state index in [2.05, 4.69) is 4.98 Å². The Balaban J connectivity index is 2.88. The van der Waals surface area contributed by atoms with Crippen LogP contribution in [0, 0.1) is 0 Å². The van der Waals surface area contributed by atoms with Crippen LogP contribution in [0.1, 0.15) is 17.4 Å². The Bertz CT molecular complexity index is 508. The smallest absolute Gasteiger partial charge is 0.178 e. The lowest BCUT2D eigenvalue weighted by molar-refractivity contribution is 0.101. The maximum atomic E-state index is 11.3. The third kappa shape index (κ3) is 1.38. The van der Waals surface area contributed by atoms with Gasteiger partial charge in [0.05, 0.1) is 0 Å². The Morgan fingerprint density at radius 3 is 2.79 bits per heavy atom. The molecule has 1 heterocycles. The molecule has 2 rings (SSSR count).